The molecule has 14 heavy (non-hydrogen) atoms. The second kappa shape index (κ2) is 5.46. The maximum Gasteiger partial charge on any atom is 0.410 e. The van der Waals surface area contributed by atoms with Gasteiger partial charge in [0.05, 0.1) is 13.0 Å². The van der Waals surface area contributed by atoms with E-state index in [9.17, 15) is 9.59 Å². The van der Waals surface area contributed by atoms with Crippen molar-refractivity contribution in [2.45, 2.75) is 6.04 Å². The number of hydrogen-bond acceptors (Lipinski definition) is 4. The summed E-state index contributed by atoms with van der Waals surface area (Å²) >= 11 is 7.11. The fraction of sp³-hybridized carbons (Fsp3) is 0.750. The first-order valence-corrected chi connectivity index (χ1v) is 5.90. The van der Waals surface area contributed by atoms with Crippen LogP contribution in [-0.2, 0) is 9.53 Å². The van der Waals surface area contributed by atoms with Crippen LogP contribution in [0, 0.1) is 0 Å². The summed E-state index contributed by atoms with van der Waals surface area (Å²) in [6, 6.07) is -0.418. The van der Waals surface area contributed by atoms with E-state index in [1.807, 2.05) is 0 Å². The van der Waals surface area contributed by atoms with Crippen molar-refractivity contribution in [1.82, 2.24) is 4.90 Å². The zero-order chi connectivity index (χ0) is 10.6. The van der Waals surface area contributed by atoms with Gasteiger partial charge in [-0.2, -0.15) is 11.8 Å². The van der Waals surface area contributed by atoms with Crippen LogP contribution in [0.4, 0.5) is 4.79 Å². The normalized spacial score (nSPS) is 21.9. The van der Waals surface area contributed by atoms with Gasteiger partial charge in [-0.15, -0.1) is 11.6 Å². The van der Waals surface area contributed by atoms with Crippen LogP contribution in [0.3, 0.4) is 0 Å². The Morgan fingerprint density at radius 2 is 2.36 bits per heavy atom. The number of hydrogen-bond donors (Lipinski definition) is 0. The van der Waals surface area contributed by atoms with E-state index in [-0.39, 0.29) is 11.7 Å². The molecular formula is C8H12ClNO3S. The molecular weight excluding hydrogens is 226 g/mol. The Hall–Kier alpha value is -0.420. The van der Waals surface area contributed by atoms with E-state index in [4.69, 9.17) is 11.6 Å². The van der Waals surface area contributed by atoms with Crippen LogP contribution >= 0.6 is 23.4 Å². The fourth-order valence-corrected chi connectivity index (χ4v) is 2.55. The maximum absolute atomic E-state index is 11.4. The Morgan fingerprint density at radius 1 is 1.64 bits per heavy atom. The molecule has 1 amide bonds. The molecule has 1 aliphatic rings. The Bertz CT molecular complexity index is 213. The topological polar surface area (TPSA) is 46.6 Å². The molecule has 6 heteroatoms. The highest BCUT2D eigenvalue weighted by Crippen LogP contribution is 2.18. The molecule has 1 aliphatic heterocycles. The van der Waals surface area contributed by atoms with Crippen LogP contribution in [0.5, 0.6) is 0 Å². The molecule has 0 bridgehead atoms. The standard InChI is InChI=1S/C8H12ClNO3S/c1-13-8(12)10-2-3-14-5-6(10)7(11)4-9/h6H,2-5H2,1H3. The van der Waals surface area contributed by atoms with E-state index in [1.54, 1.807) is 11.8 Å². The van der Waals surface area contributed by atoms with Gasteiger partial charge in [-0.1, -0.05) is 0 Å². The summed E-state index contributed by atoms with van der Waals surface area (Å²) in [6.07, 6.45) is -0.450. The molecule has 0 aromatic carbocycles. The number of rotatable bonds is 2. The van der Waals surface area contributed by atoms with Crippen LogP contribution in [0.25, 0.3) is 0 Å². The van der Waals surface area contributed by atoms with Crippen molar-refractivity contribution in [3.8, 4) is 0 Å². The van der Waals surface area contributed by atoms with Gasteiger partial charge in [0, 0.05) is 18.1 Å². The third kappa shape index (κ3) is 2.54. The van der Waals surface area contributed by atoms with Crippen molar-refractivity contribution in [2.75, 3.05) is 31.0 Å². The first-order valence-electron chi connectivity index (χ1n) is 4.21. The highest BCUT2D eigenvalue weighted by molar-refractivity contribution is 7.99. The monoisotopic (exact) mass is 237 g/mol. The number of Topliss-reactive ketones (excluding diaryl/α,β-unsaturated/α-hetero) is 1. The van der Waals surface area contributed by atoms with E-state index in [0.29, 0.717) is 12.3 Å². The minimum absolute atomic E-state index is 0.0568. The van der Waals surface area contributed by atoms with Gasteiger partial charge in [0.15, 0.2) is 5.78 Å². The van der Waals surface area contributed by atoms with Gasteiger partial charge in [-0.25, -0.2) is 4.79 Å². The van der Waals surface area contributed by atoms with Gasteiger partial charge >= 0.3 is 6.09 Å². The number of nitrogens with zero attached hydrogens (tertiary/aromatic N) is 1. The van der Waals surface area contributed by atoms with Gasteiger partial charge in [-0.3, -0.25) is 9.69 Å². The Kier molecular flexibility index (Phi) is 4.54. The van der Waals surface area contributed by atoms with Gasteiger partial charge in [0.25, 0.3) is 0 Å². The average molecular weight is 238 g/mol. The number of ether oxygens (including phenoxy) is 1. The Morgan fingerprint density at radius 3 is 2.93 bits per heavy atom. The molecule has 0 spiro atoms. The van der Waals surface area contributed by atoms with E-state index in [1.165, 1.54) is 12.0 Å². The van der Waals surface area contributed by atoms with Crippen LogP contribution in [-0.4, -0.2) is 53.9 Å². The largest absolute Gasteiger partial charge is 0.453 e. The quantitative estimate of drug-likeness (QED) is 0.672. The maximum atomic E-state index is 11.4. The first-order chi connectivity index (χ1) is 6.70. The molecule has 0 saturated carbocycles. The van der Waals surface area contributed by atoms with Crippen molar-refractivity contribution in [2.24, 2.45) is 0 Å². The SMILES string of the molecule is COC(=O)N1CCSCC1C(=O)CCl. The van der Waals surface area contributed by atoms with Gasteiger partial charge in [0.1, 0.15) is 6.04 Å². The predicted molar refractivity (Wildman–Crippen MR) is 56.0 cm³/mol. The van der Waals surface area contributed by atoms with Crippen molar-refractivity contribution >= 4 is 35.2 Å². The second-order valence-corrected chi connectivity index (χ2v) is 4.27. The van der Waals surface area contributed by atoms with Gasteiger partial charge in [-0.05, 0) is 0 Å². The summed E-state index contributed by atoms with van der Waals surface area (Å²) in [5, 5.41) is 0. The first kappa shape index (κ1) is 11.7. The summed E-state index contributed by atoms with van der Waals surface area (Å²) in [5.74, 6) is 1.27. The lowest BCUT2D eigenvalue weighted by atomic mass is 10.2. The highest BCUT2D eigenvalue weighted by Gasteiger charge is 2.32. The van der Waals surface area contributed by atoms with E-state index in [2.05, 4.69) is 4.74 Å². The molecule has 4 nitrogen and oxygen atoms in total. The number of carbonyl (C=O) groups excluding carboxylic acids is 2. The van der Waals surface area contributed by atoms with Crippen molar-refractivity contribution in [3.63, 3.8) is 0 Å². The third-order valence-electron chi connectivity index (χ3n) is 2.04. The predicted octanol–water partition coefficient (Wildman–Crippen LogP) is 0.978. The molecule has 80 valence electrons. The number of carbonyl (C=O) groups is 2. The van der Waals surface area contributed by atoms with Crippen LogP contribution < -0.4 is 0 Å². The summed E-state index contributed by atoms with van der Waals surface area (Å²) in [7, 11) is 1.31. The summed E-state index contributed by atoms with van der Waals surface area (Å²) in [5.41, 5.74) is 0. The molecule has 0 N–H and O–H groups in total. The summed E-state index contributed by atoms with van der Waals surface area (Å²) < 4.78 is 4.60. The van der Waals surface area contributed by atoms with Gasteiger partial charge < -0.3 is 4.74 Å². The van der Waals surface area contributed by atoms with Crippen molar-refractivity contribution in [1.29, 1.82) is 0 Å². The van der Waals surface area contributed by atoms with Crippen molar-refractivity contribution in [3.05, 3.63) is 0 Å². The van der Waals surface area contributed by atoms with Crippen LogP contribution in [0.15, 0.2) is 0 Å². The molecule has 1 fully saturated rings. The zero-order valence-corrected chi connectivity index (χ0v) is 9.44. The van der Waals surface area contributed by atoms with E-state index >= 15 is 0 Å². The molecule has 0 radical (unpaired) electrons. The minimum atomic E-state index is -0.450. The molecule has 0 aromatic rings. The number of alkyl halides is 1. The molecule has 1 heterocycles. The molecule has 1 saturated heterocycles. The number of thioether (sulfide) groups is 1. The van der Waals surface area contributed by atoms with Crippen LogP contribution in [0.1, 0.15) is 0 Å². The smallest absolute Gasteiger partial charge is 0.410 e. The average Bonchev–Trinajstić information content (AvgIpc) is 2.27. The molecule has 0 aliphatic carbocycles. The Labute approximate surface area is 91.9 Å². The number of halogens is 1. The van der Waals surface area contributed by atoms with E-state index < -0.39 is 12.1 Å². The summed E-state index contributed by atoms with van der Waals surface area (Å²) in [6.45, 7) is 0.546. The second-order valence-electron chi connectivity index (χ2n) is 2.85. The lowest BCUT2D eigenvalue weighted by Crippen LogP contribution is -2.50. The number of amides is 1. The molecule has 1 rings (SSSR count). The number of ketones is 1. The fourth-order valence-electron chi connectivity index (χ4n) is 1.30. The Balaban J connectivity index is 2.68. The molecule has 0 aromatic heterocycles. The lowest BCUT2D eigenvalue weighted by Gasteiger charge is -2.32. The van der Waals surface area contributed by atoms with Gasteiger partial charge in [0.2, 0.25) is 0 Å². The lowest BCUT2D eigenvalue weighted by molar-refractivity contribution is -0.120. The zero-order valence-electron chi connectivity index (χ0n) is 7.86. The molecule has 1 atom stereocenters. The van der Waals surface area contributed by atoms with Crippen molar-refractivity contribution < 1.29 is 14.3 Å². The highest BCUT2D eigenvalue weighted by atomic mass is 35.5. The number of methoxy groups -OCH3 is 1. The minimum Gasteiger partial charge on any atom is -0.453 e. The van der Waals surface area contributed by atoms with Crippen LogP contribution in [0.2, 0.25) is 0 Å². The third-order valence-corrected chi connectivity index (χ3v) is 3.33. The molecule has 1 unspecified atom stereocenters. The summed E-state index contributed by atoms with van der Waals surface area (Å²) in [4.78, 5) is 24.1. The van der Waals surface area contributed by atoms with E-state index in [0.717, 1.165) is 5.75 Å².